The van der Waals surface area contributed by atoms with E-state index >= 15 is 0 Å². The van der Waals surface area contributed by atoms with Gasteiger partial charge >= 0.3 is 0 Å². The fourth-order valence-electron chi connectivity index (χ4n) is 2.80. The third kappa shape index (κ3) is 6.66. The van der Waals surface area contributed by atoms with Gasteiger partial charge in [-0.05, 0) is 50.1 Å². The van der Waals surface area contributed by atoms with Crippen molar-refractivity contribution in [1.82, 2.24) is 10.2 Å². The average molecular weight is 433 g/mol. The number of hydrogen-bond donors (Lipinski definition) is 1. The first-order valence-corrected chi connectivity index (χ1v) is 10.3. The second-order valence-corrected chi connectivity index (χ2v) is 7.52. The lowest BCUT2D eigenvalue weighted by molar-refractivity contribution is -0.142. The Kier molecular flexibility index (Phi) is 8.99. The van der Waals surface area contributed by atoms with Crippen molar-refractivity contribution in [2.24, 2.45) is 0 Å². The van der Waals surface area contributed by atoms with Crippen LogP contribution in [0.15, 0.2) is 48.5 Å². The molecule has 0 fully saturated rings. The zero-order valence-corrected chi connectivity index (χ0v) is 18.6. The number of hydrogen-bond acceptors (Lipinski definition) is 4. The molecule has 0 aliphatic heterocycles. The highest BCUT2D eigenvalue weighted by Crippen LogP contribution is 2.26. The Balaban J connectivity index is 2.17. The number of methoxy groups -OCH3 is 1. The second kappa shape index (κ2) is 11.5. The maximum atomic E-state index is 13.0. The summed E-state index contributed by atoms with van der Waals surface area (Å²) in [6.45, 7) is 5.69. The van der Waals surface area contributed by atoms with Crippen LogP contribution in [0.2, 0.25) is 5.02 Å². The quantitative estimate of drug-likeness (QED) is 0.614. The monoisotopic (exact) mass is 432 g/mol. The number of ether oxygens (including phenoxy) is 2. The number of nitrogens with one attached hydrogen (secondary N) is 1. The van der Waals surface area contributed by atoms with Crippen molar-refractivity contribution >= 4 is 23.4 Å². The molecule has 0 bridgehead atoms. The minimum atomic E-state index is -0.663. The van der Waals surface area contributed by atoms with Crippen molar-refractivity contribution in [1.29, 1.82) is 0 Å². The van der Waals surface area contributed by atoms with Gasteiger partial charge in [0.05, 0.1) is 7.11 Å². The highest BCUT2D eigenvalue weighted by atomic mass is 35.5. The van der Waals surface area contributed by atoms with Gasteiger partial charge in [-0.25, -0.2) is 0 Å². The van der Waals surface area contributed by atoms with Crippen molar-refractivity contribution in [2.45, 2.75) is 45.8 Å². The smallest absolute Gasteiger partial charge is 0.261 e. The van der Waals surface area contributed by atoms with Gasteiger partial charge in [-0.15, -0.1) is 0 Å². The van der Waals surface area contributed by atoms with E-state index < -0.39 is 6.04 Å². The molecule has 2 atom stereocenters. The van der Waals surface area contributed by atoms with Crippen LogP contribution < -0.4 is 14.8 Å². The van der Waals surface area contributed by atoms with Gasteiger partial charge in [0.25, 0.3) is 5.91 Å². The number of benzene rings is 2. The van der Waals surface area contributed by atoms with Gasteiger partial charge in [0.2, 0.25) is 5.91 Å². The van der Waals surface area contributed by atoms with Crippen LogP contribution in [0, 0.1) is 0 Å². The van der Waals surface area contributed by atoms with E-state index in [0.717, 1.165) is 12.0 Å². The molecule has 2 unspecified atom stereocenters. The number of para-hydroxylation sites is 2. The topological polar surface area (TPSA) is 67.9 Å². The van der Waals surface area contributed by atoms with Crippen LogP contribution in [-0.2, 0) is 16.1 Å². The van der Waals surface area contributed by atoms with E-state index in [2.05, 4.69) is 5.32 Å². The highest BCUT2D eigenvalue weighted by Gasteiger charge is 2.27. The van der Waals surface area contributed by atoms with E-state index in [-0.39, 0.29) is 31.0 Å². The molecule has 0 aliphatic rings. The summed E-state index contributed by atoms with van der Waals surface area (Å²) in [5.41, 5.74) is 0.869. The first-order chi connectivity index (χ1) is 14.3. The fourth-order valence-corrected chi connectivity index (χ4v) is 2.92. The molecule has 0 aromatic heterocycles. The van der Waals surface area contributed by atoms with Crippen LogP contribution in [0.3, 0.4) is 0 Å². The Morgan fingerprint density at radius 1 is 1.07 bits per heavy atom. The normalized spacial score (nSPS) is 12.6. The molecule has 1 N–H and O–H groups in total. The number of carbonyl (C=O) groups is 2. The summed E-state index contributed by atoms with van der Waals surface area (Å²) in [6, 6.07) is 13.7. The summed E-state index contributed by atoms with van der Waals surface area (Å²) in [6.07, 6.45) is 0.806. The molecule has 7 heteroatoms. The highest BCUT2D eigenvalue weighted by molar-refractivity contribution is 6.30. The average Bonchev–Trinajstić information content (AvgIpc) is 2.76. The summed E-state index contributed by atoms with van der Waals surface area (Å²) < 4.78 is 11.0. The Morgan fingerprint density at radius 3 is 2.30 bits per heavy atom. The van der Waals surface area contributed by atoms with Gasteiger partial charge in [0, 0.05) is 17.6 Å². The molecule has 0 spiro atoms. The van der Waals surface area contributed by atoms with E-state index in [9.17, 15) is 9.59 Å². The molecule has 0 saturated carbocycles. The summed E-state index contributed by atoms with van der Waals surface area (Å²) in [5, 5.41) is 3.55. The summed E-state index contributed by atoms with van der Waals surface area (Å²) in [7, 11) is 1.54. The zero-order chi connectivity index (χ0) is 22.1. The summed E-state index contributed by atoms with van der Waals surface area (Å²) in [5.74, 6) is 0.500. The lowest BCUT2D eigenvalue weighted by Gasteiger charge is -2.29. The Morgan fingerprint density at radius 2 is 1.70 bits per heavy atom. The molecule has 162 valence electrons. The van der Waals surface area contributed by atoms with E-state index in [1.54, 1.807) is 37.3 Å². The molecular weight excluding hydrogens is 404 g/mol. The maximum Gasteiger partial charge on any atom is 0.261 e. The molecular formula is C23H29ClN2O4. The largest absolute Gasteiger partial charge is 0.493 e. The molecule has 2 amide bonds. The molecule has 2 aromatic rings. The molecule has 30 heavy (non-hydrogen) atoms. The van der Waals surface area contributed by atoms with Gasteiger partial charge in [0.15, 0.2) is 18.1 Å². The Labute approximate surface area is 183 Å². The molecule has 6 nitrogen and oxygen atoms in total. The lowest BCUT2D eigenvalue weighted by atomic mass is 10.1. The molecule has 0 radical (unpaired) electrons. The minimum Gasteiger partial charge on any atom is -0.493 e. The first-order valence-electron chi connectivity index (χ1n) is 9.95. The SMILES string of the molecule is CCC(C)NC(=O)C(C)N(Cc1ccc(Cl)cc1)C(=O)COc1ccccc1OC. The van der Waals surface area contributed by atoms with Crippen LogP contribution in [0.5, 0.6) is 11.5 Å². The van der Waals surface area contributed by atoms with Crippen LogP contribution in [0.4, 0.5) is 0 Å². The van der Waals surface area contributed by atoms with E-state index in [4.69, 9.17) is 21.1 Å². The van der Waals surface area contributed by atoms with Crippen molar-refractivity contribution in [3.05, 3.63) is 59.1 Å². The Bertz CT molecular complexity index is 841. The number of amides is 2. The first kappa shape index (κ1) is 23.5. The predicted octanol–water partition coefficient (Wildman–Crippen LogP) is 4.06. The number of rotatable bonds is 10. The number of carbonyl (C=O) groups excluding carboxylic acids is 2. The molecule has 0 heterocycles. The van der Waals surface area contributed by atoms with Gasteiger partial charge in [-0.2, -0.15) is 0 Å². The molecule has 2 aromatic carbocycles. The third-order valence-electron chi connectivity index (χ3n) is 4.85. The maximum absolute atomic E-state index is 13.0. The van der Waals surface area contributed by atoms with Crippen molar-refractivity contribution in [3.63, 3.8) is 0 Å². The van der Waals surface area contributed by atoms with Crippen molar-refractivity contribution in [2.75, 3.05) is 13.7 Å². The summed E-state index contributed by atoms with van der Waals surface area (Å²) >= 11 is 5.97. The lowest BCUT2D eigenvalue weighted by Crippen LogP contribution is -2.50. The predicted molar refractivity (Wildman–Crippen MR) is 118 cm³/mol. The van der Waals surface area contributed by atoms with Crippen LogP contribution >= 0.6 is 11.6 Å². The van der Waals surface area contributed by atoms with E-state index in [0.29, 0.717) is 16.5 Å². The van der Waals surface area contributed by atoms with Gasteiger partial charge in [-0.3, -0.25) is 9.59 Å². The fraction of sp³-hybridized carbons (Fsp3) is 0.391. The van der Waals surface area contributed by atoms with Gasteiger partial charge in [-0.1, -0.05) is 42.8 Å². The molecule has 0 saturated heterocycles. The number of nitrogens with zero attached hydrogens (tertiary/aromatic N) is 1. The third-order valence-corrected chi connectivity index (χ3v) is 5.11. The van der Waals surface area contributed by atoms with Crippen LogP contribution in [-0.4, -0.2) is 42.5 Å². The molecule has 2 rings (SSSR count). The summed E-state index contributed by atoms with van der Waals surface area (Å²) in [4.78, 5) is 27.2. The number of halogens is 1. The Hall–Kier alpha value is -2.73. The van der Waals surface area contributed by atoms with Crippen molar-refractivity contribution in [3.8, 4) is 11.5 Å². The molecule has 0 aliphatic carbocycles. The minimum absolute atomic E-state index is 0.0252. The zero-order valence-electron chi connectivity index (χ0n) is 17.9. The van der Waals surface area contributed by atoms with E-state index in [1.165, 1.54) is 12.0 Å². The van der Waals surface area contributed by atoms with E-state index in [1.807, 2.05) is 32.0 Å². The van der Waals surface area contributed by atoms with Gasteiger partial charge in [0.1, 0.15) is 6.04 Å². The van der Waals surface area contributed by atoms with Gasteiger partial charge < -0.3 is 19.7 Å². The van der Waals surface area contributed by atoms with Crippen LogP contribution in [0.25, 0.3) is 0 Å². The standard InChI is InChI=1S/C23H29ClN2O4/c1-5-16(2)25-23(28)17(3)26(14-18-10-12-19(24)13-11-18)22(27)15-30-21-9-7-6-8-20(21)29-4/h6-13,16-17H,5,14-15H2,1-4H3,(H,25,28). The second-order valence-electron chi connectivity index (χ2n) is 7.08. The van der Waals surface area contributed by atoms with Crippen LogP contribution in [0.1, 0.15) is 32.8 Å². The van der Waals surface area contributed by atoms with Crippen molar-refractivity contribution < 1.29 is 19.1 Å².